The van der Waals surface area contributed by atoms with E-state index >= 15 is 0 Å². The number of aliphatic hydroxyl groups excluding tert-OH is 1. The van der Waals surface area contributed by atoms with Crippen LogP contribution in [0.1, 0.15) is 58.3 Å². The number of aromatic carboxylic acids is 1. The van der Waals surface area contributed by atoms with Crippen LogP contribution in [0.3, 0.4) is 0 Å². The molecule has 0 bridgehead atoms. The van der Waals surface area contributed by atoms with Gasteiger partial charge in [-0.3, -0.25) is 9.48 Å². The lowest BCUT2D eigenvalue weighted by molar-refractivity contribution is -0.141. The monoisotopic (exact) mass is 462 g/mol. The molecule has 174 valence electrons. The predicted octanol–water partition coefficient (Wildman–Crippen LogP) is 4.12. The average molecular weight is 462 g/mol. The summed E-state index contributed by atoms with van der Waals surface area (Å²) in [5, 5.41) is 26.3. The smallest absolute Gasteiger partial charge is 0.433 e. The molecule has 4 rings (SSSR count). The number of carboxylic acid groups (broad SMARTS) is 1. The molecule has 0 radical (unpaired) electrons. The molecule has 0 aliphatic heterocycles. The number of anilines is 1. The van der Waals surface area contributed by atoms with Crippen molar-refractivity contribution in [3.8, 4) is 0 Å². The van der Waals surface area contributed by atoms with E-state index in [4.69, 9.17) is 0 Å². The van der Waals surface area contributed by atoms with Crippen molar-refractivity contribution in [1.82, 2.24) is 14.8 Å². The van der Waals surface area contributed by atoms with Gasteiger partial charge in [-0.2, -0.15) is 18.3 Å². The van der Waals surface area contributed by atoms with E-state index in [0.717, 1.165) is 43.9 Å². The SMILES string of the molecule is O=C(Nc1cc2cn([C@H]3CC[C@H](CO)CC3)nc2cc1C(=O)O)c1cccc(C(F)(F)F)n1. The van der Waals surface area contributed by atoms with Crippen molar-refractivity contribution in [3.63, 3.8) is 0 Å². The van der Waals surface area contributed by atoms with Crippen molar-refractivity contribution in [3.05, 3.63) is 53.5 Å². The summed E-state index contributed by atoms with van der Waals surface area (Å²) in [5.74, 6) is -2.00. The Morgan fingerprint density at radius 3 is 2.52 bits per heavy atom. The number of aromatic nitrogens is 3. The molecule has 0 unspecified atom stereocenters. The number of hydrogen-bond acceptors (Lipinski definition) is 5. The van der Waals surface area contributed by atoms with Crippen LogP contribution < -0.4 is 5.32 Å². The minimum absolute atomic E-state index is 0.0669. The molecule has 2 heterocycles. The molecule has 0 atom stereocenters. The quantitative estimate of drug-likeness (QED) is 0.525. The fraction of sp³-hybridized carbons (Fsp3) is 0.364. The summed E-state index contributed by atoms with van der Waals surface area (Å²) in [6, 6.07) is 5.79. The van der Waals surface area contributed by atoms with Gasteiger partial charge in [-0.25, -0.2) is 9.78 Å². The molecule has 1 aromatic carbocycles. The summed E-state index contributed by atoms with van der Waals surface area (Å²) in [4.78, 5) is 27.7. The maximum absolute atomic E-state index is 12.9. The number of hydrogen-bond donors (Lipinski definition) is 3. The lowest BCUT2D eigenvalue weighted by Gasteiger charge is -2.27. The maximum Gasteiger partial charge on any atom is 0.433 e. The van der Waals surface area contributed by atoms with Gasteiger partial charge in [0.1, 0.15) is 11.4 Å². The number of aliphatic hydroxyl groups is 1. The number of pyridine rings is 1. The van der Waals surface area contributed by atoms with Crippen molar-refractivity contribution < 1.29 is 33.0 Å². The van der Waals surface area contributed by atoms with Crippen molar-refractivity contribution in [2.45, 2.75) is 37.9 Å². The summed E-state index contributed by atoms with van der Waals surface area (Å²) in [6.45, 7) is 0.152. The molecule has 1 amide bonds. The lowest BCUT2D eigenvalue weighted by Crippen LogP contribution is -2.20. The van der Waals surface area contributed by atoms with Crippen molar-refractivity contribution in [2.75, 3.05) is 11.9 Å². The topological polar surface area (TPSA) is 117 Å². The van der Waals surface area contributed by atoms with Crippen LogP contribution in [0.25, 0.3) is 10.9 Å². The van der Waals surface area contributed by atoms with Crippen molar-refractivity contribution in [2.24, 2.45) is 5.92 Å². The second-order valence-corrected chi connectivity index (χ2v) is 8.09. The zero-order chi connectivity index (χ0) is 23.8. The van der Waals surface area contributed by atoms with Gasteiger partial charge in [0.15, 0.2) is 0 Å². The third kappa shape index (κ3) is 4.82. The fourth-order valence-electron chi connectivity index (χ4n) is 4.06. The number of carbonyl (C=O) groups excluding carboxylic acids is 1. The molecule has 1 saturated carbocycles. The first-order valence-electron chi connectivity index (χ1n) is 10.4. The molecule has 2 aromatic heterocycles. The largest absolute Gasteiger partial charge is 0.478 e. The van der Waals surface area contributed by atoms with Crippen LogP contribution >= 0.6 is 0 Å². The molecular weight excluding hydrogens is 441 g/mol. The molecule has 1 aliphatic carbocycles. The van der Waals surface area contributed by atoms with Gasteiger partial charge in [-0.05, 0) is 55.9 Å². The summed E-state index contributed by atoms with van der Waals surface area (Å²) in [5.41, 5.74) is -1.59. The van der Waals surface area contributed by atoms with Gasteiger partial charge < -0.3 is 15.5 Å². The lowest BCUT2D eigenvalue weighted by atomic mass is 9.87. The number of carboxylic acids is 1. The van der Waals surface area contributed by atoms with Gasteiger partial charge in [0.25, 0.3) is 5.91 Å². The van der Waals surface area contributed by atoms with Crippen molar-refractivity contribution in [1.29, 1.82) is 0 Å². The minimum Gasteiger partial charge on any atom is -0.478 e. The van der Waals surface area contributed by atoms with Crippen LogP contribution in [0, 0.1) is 5.92 Å². The third-order valence-corrected chi connectivity index (χ3v) is 5.86. The highest BCUT2D eigenvalue weighted by molar-refractivity contribution is 6.08. The van der Waals surface area contributed by atoms with Crippen LogP contribution in [0.5, 0.6) is 0 Å². The zero-order valence-corrected chi connectivity index (χ0v) is 17.3. The Bertz CT molecular complexity index is 1200. The summed E-state index contributed by atoms with van der Waals surface area (Å²) in [7, 11) is 0. The number of amides is 1. The molecule has 0 saturated heterocycles. The molecule has 1 fully saturated rings. The van der Waals surface area contributed by atoms with E-state index < -0.39 is 29.4 Å². The standard InChI is InChI=1S/C22H21F3N4O4/c23-22(24,25)19-3-1-2-16(26-19)20(31)27-18-8-13-10-29(14-6-4-12(11-30)5-7-14)28-17(13)9-15(18)21(32)33/h1-3,8-10,12,14,30H,4-7,11H2,(H,27,31)(H,32,33)/t12-,14-. The van der Waals surface area contributed by atoms with Crippen LogP contribution in [0.2, 0.25) is 0 Å². The van der Waals surface area contributed by atoms with Crippen LogP contribution in [-0.2, 0) is 6.18 Å². The third-order valence-electron chi connectivity index (χ3n) is 5.86. The average Bonchev–Trinajstić information content (AvgIpc) is 3.21. The van der Waals surface area contributed by atoms with Gasteiger partial charge in [0, 0.05) is 18.2 Å². The highest BCUT2D eigenvalue weighted by Gasteiger charge is 2.33. The van der Waals surface area contributed by atoms with Gasteiger partial charge in [-0.15, -0.1) is 0 Å². The van der Waals surface area contributed by atoms with Gasteiger partial charge in [0.05, 0.1) is 22.8 Å². The van der Waals surface area contributed by atoms with E-state index in [0.29, 0.717) is 10.9 Å². The van der Waals surface area contributed by atoms with Crippen LogP contribution in [-0.4, -0.2) is 43.5 Å². The van der Waals surface area contributed by atoms with E-state index in [1.165, 1.54) is 12.1 Å². The first-order valence-corrected chi connectivity index (χ1v) is 10.4. The minimum atomic E-state index is -4.72. The van der Waals surface area contributed by atoms with Crippen molar-refractivity contribution >= 4 is 28.5 Å². The Balaban J connectivity index is 1.62. The number of halogens is 3. The number of nitrogens with one attached hydrogen (secondary N) is 1. The van der Waals surface area contributed by atoms with E-state index in [2.05, 4.69) is 15.4 Å². The van der Waals surface area contributed by atoms with E-state index in [1.54, 1.807) is 10.9 Å². The Morgan fingerprint density at radius 2 is 1.88 bits per heavy atom. The summed E-state index contributed by atoms with van der Waals surface area (Å²) in [6.07, 6.45) is 0.424. The first-order chi connectivity index (χ1) is 15.7. The second kappa shape index (κ2) is 8.81. The predicted molar refractivity (Wildman–Crippen MR) is 112 cm³/mol. The van der Waals surface area contributed by atoms with Gasteiger partial charge in [-0.1, -0.05) is 6.07 Å². The zero-order valence-electron chi connectivity index (χ0n) is 17.3. The molecular formula is C22H21F3N4O4. The maximum atomic E-state index is 12.9. The molecule has 1 aliphatic rings. The molecule has 11 heteroatoms. The molecule has 0 spiro atoms. The molecule has 3 aromatic rings. The Hall–Kier alpha value is -3.47. The fourth-order valence-corrected chi connectivity index (χ4v) is 4.06. The second-order valence-electron chi connectivity index (χ2n) is 8.09. The number of nitrogens with zero attached hydrogens (tertiary/aromatic N) is 3. The normalized spacial score (nSPS) is 18.9. The Kier molecular flexibility index (Phi) is 6.07. The highest BCUT2D eigenvalue weighted by atomic mass is 19.4. The molecule has 33 heavy (non-hydrogen) atoms. The van der Waals surface area contributed by atoms with E-state index in [9.17, 15) is 33.0 Å². The van der Waals surface area contributed by atoms with E-state index in [1.807, 2.05) is 0 Å². The van der Waals surface area contributed by atoms with Crippen LogP contribution in [0.4, 0.5) is 18.9 Å². The molecule has 8 nitrogen and oxygen atoms in total. The Morgan fingerprint density at radius 1 is 1.15 bits per heavy atom. The summed E-state index contributed by atoms with van der Waals surface area (Å²) >= 11 is 0. The highest BCUT2D eigenvalue weighted by Crippen LogP contribution is 2.33. The number of fused-ring (bicyclic) bond motifs is 1. The Labute approximate surface area is 186 Å². The molecule has 3 N–H and O–H groups in total. The number of alkyl halides is 3. The van der Waals surface area contributed by atoms with Crippen LogP contribution in [0.15, 0.2) is 36.5 Å². The number of benzene rings is 1. The van der Waals surface area contributed by atoms with Gasteiger partial charge in [0.2, 0.25) is 0 Å². The number of rotatable bonds is 5. The number of carbonyl (C=O) groups is 2. The van der Waals surface area contributed by atoms with Gasteiger partial charge >= 0.3 is 12.1 Å². The summed E-state index contributed by atoms with van der Waals surface area (Å²) < 4.78 is 40.5. The first kappa shape index (κ1) is 22.7. The van der Waals surface area contributed by atoms with E-state index in [-0.39, 0.29) is 29.8 Å².